The number of aromatic nitrogens is 3. The van der Waals surface area contributed by atoms with Crippen LogP contribution < -0.4 is 14.8 Å². The van der Waals surface area contributed by atoms with E-state index in [0.717, 1.165) is 17.0 Å². The van der Waals surface area contributed by atoms with Gasteiger partial charge < -0.3 is 14.8 Å². The van der Waals surface area contributed by atoms with Crippen molar-refractivity contribution in [3.05, 3.63) is 76.3 Å². The van der Waals surface area contributed by atoms with Gasteiger partial charge in [0.1, 0.15) is 16.8 Å². The Bertz CT molecular complexity index is 1300. The lowest BCUT2D eigenvalue weighted by atomic mass is 10.1. The molecule has 0 unspecified atom stereocenters. The van der Waals surface area contributed by atoms with E-state index in [9.17, 15) is 14.9 Å². The fourth-order valence-corrected chi connectivity index (χ4v) is 3.09. The first-order chi connectivity index (χ1) is 15.4. The van der Waals surface area contributed by atoms with Gasteiger partial charge >= 0.3 is 5.69 Å². The Morgan fingerprint density at radius 1 is 1.09 bits per heavy atom. The predicted molar refractivity (Wildman–Crippen MR) is 117 cm³/mol. The smallest absolute Gasteiger partial charge is 0.310 e. The molecule has 1 N–H and O–H groups in total. The highest BCUT2D eigenvalue weighted by atomic mass is 16.6. The van der Waals surface area contributed by atoms with Crippen LogP contribution in [0.2, 0.25) is 0 Å². The van der Waals surface area contributed by atoms with Crippen molar-refractivity contribution in [3.63, 3.8) is 0 Å². The first kappa shape index (κ1) is 20.8. The van der Waals surface area contributed by atoms with Gasteiger partial charge in [-0.1, -0.05) is 12.1 Å². The van der Waals surface area contributed by atoms with Crippen LogP contribution in [0.1, 0.15) is 5.56 Å². The summed E-state index contributed by atoms with van der Waals surface area (Å²) in [6, 6.07) is 16.8. The summed E-state index contributed by atoms with van der Waals surface area (Å²) in [6.07, 6.45) is 0. The molecule has 0 aliphatic heterocycles. The summed E-state index contributed by atoms with van der Waals surface area (Å²) in [5.74, 6) is 0.310. The molecule has 0 aliphatic carbocycles. The van der Waals surface area contributed by atoms with Gasteiger partial charge in [-0.15, -0.1) is 10.2 Å². The van der Waals surface area contributed by atoms with Crippen LogP contribution in [0.25, 0.3) is 16.7 Å². The van der Waals surface area contributed by atoms with Crippen LogP contribution in [0.4, 0.5) is 11.4 Å². The van der Waals surface area contributed by atoms with Crippen LogP contribution >= 0.6 is 0 Å². The number of nitro groups is 1. The molecule has 10 nitrogen and oxygen atoms in total. The van der Waals surface area contributed by atoms with Gasteiger partial charge in [0.05, 0.1) is 17.7 Å². The van der Waals surface area contributed by atoms with Crippen LogP contribution in [0.15, 0.2) is 60.7 Å². The van der Waals surface area contributed by atoms with Gasteiger partial charge in [-0.2, -0.15) is 4.80 Å². The number of amides is 1. The number of hydrogen-bond donors (Lipinski definition) is 1. The van der Waals surface area contributed by atoms with Gasteiger partial charge in [-0.25, -0.2) is 0 Å². The Balaban J connectivity index is 1.50. The molecule has 0 atom stereocenters. The molecule has 0 saturated carbocycles. The summed E-state index contributed by atoms with van der Waals surface area (Å²) in [5.41, 5.74) is 3.18. The van der Waals surface area contributed by atoms with Crippen molar-refractivity contribution in [2.24, 2.45) is 0 Å². The molecule has 10 heteroatoms. The van der Waals surface area contributed by atoms with E-state index >= 15 is 0 Å². The fraction of sp³-hybridized carbons (Fsp3) is 0.136. The number of hydrogen-bond acceptors (Lipinski definition) is 7. The number of carbonyl (C=O) groups excluding carboxylic acids is 1. The van der Waals surface area contributed by atoms with E-state index in [0.29, 0.717) is 16.7 Å². The van der Waals surface area contributed by atoms with Crippen LogP contribution in [0, 0.1) is 17.0 Å². The lowest BCUT2D eigenvalue weighted by Gasteiger charge is -2.09. The molecular formula is C22H19N5O5. The number of aryl methyl sites for hydroxylation is 1. The summed E-state index contributed by atoms with van der Waals surface area (Å²) in [5, 5.41) is 22.8. The maximum Gasteiger partial charge on any atom is 0.310 e. The molecule has 4 aromatic rings. The second kappa shape index (κ2) is 8.72. The number of benzene rings is 3. The van der Waals surface area contributed by atoms with Crippen LogP contribution in [-0.4, -0.2) is 39.5 Å². The first-order valence-electron chi connectivity index (χ1n) is 9.63. The zero-order valence-corrected chi connectivity index (χ0v) is 17.3. The molecule has 1 aromatic heterocycles. The zero-order valence-electron chi connectivity index (χ0n) is 17.3. The maximum atomic E-state index is 12.4. The molecule has 1 amide bonds. The highest BCUT2D eigenvalue weighted by molar-refractivity contribution is 5.95. The van der Waals surface area contributed by atoms with E-state index in [-0.39, 0.29) is 18.0 Å². The third-order valence-electron chi connectivity index (χ3n) is 4.72. The quantitative estimate of drug-likeness (QED) is 0.349. The summed E-state index contributed by atoms with van der Waals surface area (Å²) in [4.78, 5) is 24.4. The minimum Gasteiger partial charge on any atom is -0.497 e. The topological polar surface area (TPSA) is 121 Å². The summed E-state index contributed by atoms with van der Waals surface area (Å²) in [7, 11) is 1.60. The van der Waals surface area contributed by atoms with E-state index in [1.165, 1.54) is 23.0 Å². The minimum atomic E-state index is -0.558. The molecule has 0 aliphatic rings. The summed E-state index contributed by atoms with van der Waals surface area (Å²) in [6.45, 7) is 1.46. The number of nitro benzene ring substituents is 1. The largest absolute Gasteiger partial charge is 0.497 e. The molecule has 0 fully saturated rings. The van der Waals surface area contributed by atoms with Crippen LogP contribution in [0.5, 0.6) is 11.5 Å². The van der Waals surface area contributed by atoms with Crippen LogP contribution in [-0.2, 0) is 4.79 Å². The zero-order chi connectivity index (χ0) is 22.7. The maximum absolute atomic E-state index is 12.4. The van der Waals surface area contributed by atoms with Crippen LogP contribution in [0.3, 0.4) is 0 Å². The lowest BCUT2D eigenvalue weighted by Crippen LogP contribution is -2.21. The number of anilines is 1. The summed E-state index contributed by atoms with van der Waals surface area (Å²) < 4.78 is 10.5. The molecule has 1 heterocycles. The third kappa shape index (κ3) is 4.33. The minimum absolute atomic E-state index is 0.0299. The molecule has 0 saturated heterocycles. The van der Waals surface area contributed by atoms with Crippen molar-refractivity contribution in [2.45, 2.75) is 6.92 Å². The van der Waals surface area contributed by atoms with Crippen molar-refractivity contribution < 1.29 is 19.2 Å². The van der Waals surface area contributed by atoms with Crippen molar-refractivity contribution >= 4 is 28.3 Å². The number of ether oxygens (including phenoxy) is 2. The number of nitrogens with one attached hydrogen (secondary N) is 1. The van der Waals surface area contributed by atoms with Gasteiger partial charge in [0.15, 0.2) is 12.4 Å². The van der Waals surface area contributed by atoms with Crippen molar-refractivity contribution in [1.82, 2.24) is 15.0 Å². The van der Waals surface area contributed by atoms with Gasteiger partial charge in [-0.3, -0.25) is 14.9 Å². The van der Waals surface area contributed by atoms with Crippen molar-refractivity contribution in [2.75, 3.05) is 19.0 Å². The molecule has 4 rings (SSSR count). The molecule has 32 heavy (non-hydrogen) atoms. The van der Waals surface area contributed by atoms with E-state index in [2.05, 4.69) is 15.5 Å². The Morgan fingerprint density at radius 3 is 2.47 bits per heavy atom. The van der Waals surface area contributed by atoms with E-state index in [1.54, 1.807) is 19.2 Å². The average Bonchev–Trinajstić information content (AvgIpc) is 3.20. The average molecular weight is 433 g/mol. The highest BCUT2D eigenvalue weighted by Gasteiger charge is 2.16. The number of nitrogens with zero attached hydrogens (tertiary/aromatic N) is 4. The Kier molecular flexibility index (Phi) is 5.67. The van der Waals surface area contributed by atoms with Gasteiger partial charge in [0.25, 0.3) is 5.91 Å². The first-order valence-corrected chi connectivity index (χ1v) is 9.63. The Labute approximate surface area is 182 Å². The molecular weight excluding hydrogens is 414 g/mol. The second-order valence-electron chi connectivity index (χ2n) is 6.90. The highest BCUT2D eigenvalue weighted by Crippen LogP contribution is 2.26. The summed E-state index contributed by atoms with van der Waals surface area (Å²) >= 11 is 0. The lowest BCUT2D eigenvalue weighted by molar-refractivity contribution is -0.385. The van der Waals surface area contributed by atoms with Crippen molar-refractivity contribution in [3.8, 4) is 17.2 Å². The second-order valence-corrected chi connectivity index (χ2v) is 6.90. The van der Waals surface area contributed by atoms with E-state index < -0.39 is 10.8 Å². The van der Waals surface area contributed by atoms with Gasteiger partial charge in [-0.05, 0) is 55.0 Å². The monoisotopic (exact) mass is 433 g/mol. The predicted octanol–water partition coefficient (Wildman–Crippen LogP) is 3.66. The molecule has 0 bridgehead atoms. The molecule has 0 radical (unpaired) electrons. The Hall–Kier alpha value is -4.47. The number of para-hydroxylation sites is 2. The van der Waals surface area contributed by atoms with Gasteiger partial charge in [0.2, 0.25) is 0 Å². The van der Waals surface area contributed by atoms with Crippen molar-refractivity contribution in [1.29, 1.82) is 0 Å². The Morgan fingerprint density at radius 2 is 1.78 bits per heavy atom. The van der Waals surface area contributed by atoms with E-state index in [1.807, 2.05) is 37.3 Å². The molecule has 162 valence electrons. The normalized spacial score (nSPS) is 10.7. The van der Waals surface area contributed by atoms with E-state index in [4.69, 9.17) is 9.47 Å². The number of fused-ring (bicyclic) bond motifs is 1. The molecule has 3 aromatic carbocycles. The number of rotatable bonds is 7. The fourth-order valence-electron chi connectivity index (χ4n) is 3.09. The molecule has 0 spiro atoms. The van der Waals surface area contributed by atoms with Gasteiger partial charge in [0, 0.05) is 11.8 Å². The standard InChI is InChI=1S/C22H19N5O5/c1-14-11-18-19(25-26(24-18)15-7-9-16(31-2)10-8-15)12-17(14)23-22(28)13-32-21-6-4-3-5-20(21)27(29)30/h3-12H,13H2,1-2H3,(H,23,28). The number of methoxy groups -OCH3 is 1. The SMILES string of the molecule is COc1ccc(-n2nc3cc(C)c(NC(=O)COc4ccccc4[N+](=O)[O-])cc3n2)cc1. The number of carbonyl (C=O) groups is 1. The third-order valence-corrected chi connectivity index (χ3v) is 4.72.